The van der Waals surface area contributed by atoms with Crippen LogP contribution in [0.4, 0.5) is 10.2 Å². The van der Waals surface area contributed by atoms with Gasteiger partial charge in [-0.2, -0.15) is 5.09 Å². The first-order valence-corrected chi connectivity index (χ1v) is 12.1. The summed E-state index contributed by atoms with van der Waals surface area (Å²) in [6.45, 7) is 4.73. The minimum absolute atomic E-state index is 0.117. The summed E-state index contributed by atoms with van der Waals surface area (Å²) in [7, 11) is -4.26. The quantitative estimate of drug-likeness (QED) is 0.247. The molecule has 2 heterocycles. The Bertz CT molecular complexity index is 1290. The van der Waals surface area contributed by atoms with Crippen molar-refractivity contribution in [2.24, 2.45) is 5.92 Å². The molecule has 1 saturated carbocycles. The Kier molecular flexibility index (Phi) is 6.86. The number of aliphatic carboxylic acids is 1. The summed E-state index contributed by atoms with van der Waals surface area (Å²) < 4.78 is 41.0. The van der Waals surface area contributed by atoms with Crippen LogP contribution in [0.5, 0.6) is 5.75 Å². The number of aliphatic hydroxyl groups excluding tert-OH is 1. The molecule has 1 fully saturated rings. The number of nitrogens with one attached hydrogen (secondary N) is 1. The molecule has 14 heteroatoms. The zero-order valence-corrected chi connectivity index (χ0v) is 19.5. The Labute approximate surface area is 199 Å². The lowest BCUT2D eigenvalue weighted by Crippen LogP contribution is -2.34. The van der Waals surface area contributed by atoms with Crippen LogP contribution >= 0.6 is 7.75 Å². The van der Waals surface area contributed by atoms with Crippen molar-refractivity contribution < 1.29 is 33.0 Å². The van der Waals surface area contributed by atoms with Crippen LogP contribution < -0.4 is 15.3 Å². The second-order valence-electron chi connectivity index (χ2n) is 8.03. The Morgan fingerprint density at radius 3 is 2.74 bits per heavy atom. The number of fused-ring (bicyclic) bond motifs is 1. The Morgan fingerprint density at radius 2 is 2.06 bits per heavy atom. The van der Waals surface area contributed by atoms with Crippen molar-refractivity contribution in [3.63, 3.8) is 0 Å². The number of alkyl halides is 1. The van der Waals surface area contributed by atoms with E-state index < -0.39 is 50.6 Å². The molecule has 0 radical (unpaired) electrons. The number of aromatic nitrogens is 4. The number of halogens is 1. The van der Waals surface area contributed by atoms with Gasteiger partial charge in [-0.1, -0.05) is 24.8 Å². The summed E-state index contributed by atoms with van der Waals surface area (Å²) in [4.78, 5) is 23.4. The van der Waals surface area contributed by atoms with Crippen LogP contribution in [0.3, 0.4) is 0 Å². The highest BCUT2D eigenvalue weighted by Gasteiger charge is 2.48. The van der Waals surface area contributed by atoms with Gasteiger partial charge in [-0.25, -0.2) is 23.9 Å². The summed E-state index contributed by atoms with van der Waals surface area (Å²) in [6, 6.07) is 5.66. The number of carboxylic acid groups (broad SMARTS) is 1. The second-order valence-corrected chi connectivity index (χ2v) is 9.72. The number of carboxylic acids is 1. The molecule has 0 amide bonds. The molecular formula is C21H24FN6O6P. The molecule has 0 aliphatic heterocycles. The van der Waals surface area contributed by atoms with Crippen molar-refractivity contribution in [1.29, 1.82) is 0 Å². The zero-order chi connectivity index (χ0) is 25.3. The molecule has 1 aliphatic rings. The maximum absolute atomic E-state index is 15.3. The first-order chi connectivity index (χ1) is 16.6. The molecule has 186 valence electrons. The van der Waals surface area contributed by atoms with E-state index in [1.807, 2.05) is 0 Å². The third kappa shape index (κ3) is 4.89. The molecule has 2 unspecified atom stereocenters. The maximum atomic E-state index is 15.3. The molecule has 5 N–H and O–H groups in total. The monoisotopic (exact) mass is 506 g/mol. The fourth-order valence-electron chi connectivity index (χ4n) is 3.84. The fraction of sp³-hybridized carbons (Fsp3) is 0.333. The fourth-order valence-corrected chi connectivity index (χ4v) is 5.36. The van der Waals surface area contributed by atoms with Crippen molar-refractivity contribution in [2.45, 2.75) is 31.3 Å². The third-order valence-electron chi connectivity index (χ3n) is 5.70. The highest BCUT2D eigenvalue weighted by atomic mass is 31.2. The summed E-state index contributed by atoms with van der Waals surface area (Å²) in [5.41, 5.74) is 6.57. The van der Waals surface area contributed by atoms with E-state index in [-0.39, 0.29) is 28.3 Å². The first-order valence-electron chi connectivity index (χ1n) is 10.5. The number of nitrogen functional groups attached to an aromatic ring is 1. The number of rotatable bonds is 9. The number of anilines is 1. The number of nitrogens with zero attached hydrogens (tertiary/aromatic N) is 4. The average molecular weight is 506 g/mol. The standard InChI is InChI=1S/C21H24FN6O6P/c1-11-14(8-33-35(32,27-12(2)21(30)31)34-13-6-4-3-5-7-13)18(29)15(22)17(11)28-10-26-16-19(23)24-9-25-20(16)28/h3-7,9-10,12,14-15,17-18,29H,1,8H2,2H3,(H,27,32)(H,30,31)(H2,23,24,25)/t12?,14-,15+,17+,18+,35?/m0/s1. The highest BCUT2D eigenvalue weighted by Crippen LogP contribution is 2.48. The van der Waals surface area contributed by atoms with E-state index in [0.29, 0.717) is 0 Å². The number of carbonyl (C=O) groups is 1. The van der Waals surface area contributed by atoms with E-state index >= 15 is 4.39 Å². The van der Waals surface area contributed by atoms with Crippen LogP contribution in [0.15, 0.2) is 55.1 Å². The predicted octanol–water partition coefficient (Wildman–Crippen LogP) is 2.10. The van der Waals surface area contributed by atoms with Crippen LogP contribution in [0.25, 0.3) is 11.2 Å². The Morgan fingerprint density at radius 1 is 1.34 bits per heavy atom. The predicted molar refractivity (Wildman–Crippen MR) is 123 cm³/mol. The molecule has 4 rings (SSSR count). The Hall–Kier alpha value is -3.38. The first kappa shape index (κ1) is 24.7. The van der Waals surface area contributed by atoms with E-state index in [0.717, 1.165) is 0 Å². The largest absolute Gasteiger partial charge is 0.480 e. The minimum atomic E-state index is -4.26. The number of aliphatic hydroxyl groups is 1. The molecule has 12 nitrogen and oxygen atoms in total. The number of nitrogens with two attached hydrogens (primary N) is 1. The Balaban J connectivity index is 1.56. The summed E-state index contributed by atoms with van der Waals surface area (Å²) in [5, 5.41) is 22.2. The van der Waals surface area contributed by atoms with Gasteiger partial charge in [-0.05, 0) is 24.6 Å². The maximum Gasteiger partial charge on any atom is 0.459 e. The normalized spacial score (nSPS) is 24.8. The van der Waals surface area contributed by atoms with Crippen molar-refractivity contribution in [3.8, 4) is 5.75 Å². The van der Waals surface area contributed by atoms with Gasteiger partial charge in [-0.3, -0.25) is 9.32 Å². The van der Waals surface area contributed by atoms with Gasteiger partial charge in [0.05, 0.1) is 25.1 Å². The van der Waals surface area contributed by atoms with Crippen LogP contribution in [-0.4, -0.2) is 60.6 Å². The van der Waals surface area contributed by atoms with Crippen LogP contribution in [0.1, 0.15) is 13.0 Å². The lowest BCUT2D eigenvalue weighted by Gasteiger charge is -2.24. The topological polar surface area (TPSA) is 175 Å². The van der Waals surface area contributed by atoms with E-state index in [4.69, 9.17) is 14.8 Å². The molecule has 0 saturated heterocycles. The summed E-state index contributed by atoms with van der Waals surface area (Å²) >= 11 is 0. The number of benzene rings is 1. The average Bonchev–Trinajstić information content (AvgIpc) is 3.32. The van der Waals surface area contributed by atoms with Crippen molar-refractivity contribution >= 4 is 30.7 Å². The van der Waals surface area contributed by atoms with Crippen LogP contribution in [-0.2, 0) is 13.9 Å². The molecule has 3 aromatic rings. The van der Waals surface area contributed by atoms with Gasteiger partial charge in [0.25, 0.3) is 0 Å². The van der Waals surface area contributed by atoms with Gasteiger partial charge < -0.3 is 25.0 Å². The summed E-state index contributed by atoms with van der Waals surface area (Å²) in [6.07, 6.45) is -0.839. The molecule has 0 bridgehead atoms. The number of hydrogen-bond donors (Lipinski definition) is 4. The molecule has 1 aromatic carbocycles. The molecule has 1 aliphatic carbocycles. The lowest BCUT2D eigenvalue weighted by molar-refractivity contribution is -0.138. The van der Waals surface area contributed by atoms with E-state index in [9.17, 15) is 19.6 Å². The number of hydrogen-bond acceptors (Lipinski definition) is 9. The lowest BCUT2D eigenvalue weighted by atomic mass is 10.0. The number of para-hydroxylation sites is 1. The molecule has 2 aromatic heterocycles. The third-order valence-corrected chi connectivity index (χ3v) is 7.34. The van der Waals surface area contributed by atoms with Crippen LogP contribution in [0, 0.1) is 5.92 Å². The van der Waals surface area contributed by atoms with Crippen molar-refractivity contribution in [1.82, 2.24) is 24.6 Å². The highest BCUT2D eigenvalue weighted by molar-refractivity contribution is 7.52. The zero-order valence-electron chi connectivity index (χ0n) is 18.6. The second kappa shape index (κ2) is 9.70. The van der Waals surface area contributed by atoms with E-state index in [1.54, 1.807) is 18.2 Å². The van der Waals surface area contributed by atoms with E-state index in [1.165, 1.54) is 36.3 Å². The minimum Gasteiger partial charge on any atom is -0.480 e. The van der Waals surface area contributed by atoms with Gasteiger partial charge in [0.15, 0.2) is 17.6 Å². The summed E-state index contributed by atoms with van der Waals surface area (Å²) in [5.74, 6) is -2.00. The van der Waals surface area contributed by atoms with Gasteiger partial charge in [0.2, 0.25) is 0 Å². The van der Waals surface area contributed by atoms with Crippen molar-refractivity contribution in [3.05, 3.63) is 55.1 Å². The van der Waals surface area contributed by atoms with Crippen molar-refractivity contribution in [2.75, 3.05) is 12.3 Å². The van der Waals surface area contributed by atoms with Gasteiger partial charge in [-0.15, -0.1) is 0 Å². The SMILES string of the molecule is C=C1[C@@H](n2cnc3c(N)ncnc32)[C@@H](F)[C@H](O)[C@H]1COP(=O)(NC(C)C(=O)O)Oc1ccccc1. The molecular weight excluding hydrogens is 482 g/mol. The van der Waals surface area contributed by atoms with Gasteiger partial charge in [0.1, 0.15) is 23.6 Å². The molecule has 0 spiro atoms. The molecule has 6 atom stereocenters. The van der Waals surface area contributed by atoms with Gasteiger partial charge >= 0.3 is 13.7 Å². The number of imidazole rings is 1. The van der Waals surface area contributed by atoms with E-state index in [2.05, 4.69) is 26.6 Å². The van der Waals surface area contributed by atoms with Crippen LogP contribution in [0.2, 0.25) is 0 Å². The smallest absolute Gasteiger partial charge is 0.459 e. The van der Waals surface area contributed by atoms with Gasteiger partial charge in [0, 0.05) is 5.92 Å². The molecule has 35 heavy (non-hydrogen) atoms.